The first kappa shape index (κ1) is 16.6. The number of aliphatic carboxylic acids is 1. The molecule has 0 spiro atoms. The Labute approximate surface area is 110 Å². The van der Waals surface area contributed by atoms with Crippen molar-refractivity contribution in [2.45, 2.75) is 51.6 Å². The molecular formula is C15H24O3. The van der Waals surface area contributed by atoms with Gasteiger partial charge in [0, 0.05) is 6.42 Å². The quantitative estimate of drug-likeness (QED) is 0.462. The average molecular weight is 252 g/mol. The summed E-state index contributed by atoms with van der Waals surface area (Å²) >= 11 is 0. The zero-order valence-electron chi connectivity index (χ0n) is 11.1. The summed E-state index contributed by atoms with van der Waals surface area (Å²) in [6.07, 6.45) is 15.4. The molecule has 0 rings (SSSR count). The summed E-state index contributed by atoms with van der Waals surface area (Å²) in [4.78, 5) is 10.3. The molecule has 102 valence electrons. The highest BCUT2D eigenvalue weighted by atomic mass is 16.4. The van der Waals surface area contributed by atoms with E-state index in [4.69, 9.17) is 5.11 Å². The van der Waals surface area contributed by atoms with Crippen LogP contribution >= 0.6 is 0 Å². The Morgan fingerprint density at radius 1 is 1.22 bits per heavy atom. The summed E-state index contributed by atoms with van der Waals surface area (Å²) in [5.74, 6) is -0.815. The SMILES string of the molecule is CCCC=CCC=CC=CC(O)CCCC(=O)O. The molecule has 0 aliphatic carbocycles. The van der Waals surface area contributed by atoms with Crippen molar-refractivity contribution in [3.63, 3.8) is 0 Å². The zero-order chi connectivity index (χ0) is 13.6. The minimum Gasteiger partial charge on any atom is -0.481 e. The number of carbonyl (C=O) groups is 1. The van der Waals surface area contributed by atoms with E-state index in [1.54, 1.807) is 12.2 Å². The molecule has 0 radical (unpaired) electrons. The fourth-order valence-electron chi connectivity index (χ4n) is 1.37. The maximum Gasteiger partial charge on any atom is 0.303 e. The minimum absolute atomic E-state index is 0.114. The molecular weight excluding hydrogens is 228 g/mol. The first-order chi connectivity index (χ1) is 8.66. The first-order valence-electron chi connectivity index (χ1n) is 6.55. The van der Waals surface area contributed by atoms with Gasteiger partial charge in [-0.05, 0) is 25.7 Å². The van der Waals surface area contributed by atoms with E-state index in [0.29, 0.717) is 12.8 Å². The molecule has 0 aromatic heterocycles. The van der Waals surface area contributed by atoms with Crippen LogP contribution in [-0.4, -0.2) is 22.3 Å². The van der Waals surface area contributed by atoms with E-state index < -0.39 is 12.1 Å². The topological polar surface area (TPSA) is 57.5 Å². The van der Waals surface area contributed by atoms with Gasteiger partial charge in [-0.1, -0.05) is 49.8 Å². The Hall–Kier alpha value is -1.35. The second kappa shape index (κ2) is 12.1. The molecule has 0 aliphatic rings. The van der Waals surface area contributed by atoms with Crippen molar-refractivity contribution in [3.8, 4) is 0 Å². The standard InChI is InChI=1S/C15H24O3/c1-2-3-4-5-6-7-8-9-11-14(16)12-10-13-15(17)18/h4-5,7-9,11,14,16H,2-3,6,10,12-13H2,1H3,(H,17,18). The maximum atomic E-state index is 10.3. The van der Waals surface area contributed by atoms with Crippen molar-refractivity contribution < 1.29 is 15.0 Å². The number of rotatable bonds is 10. The van der Waals surface area contributed by atoms with Crippen molar-refractivity contribution in [1.29, 1.82) is 0 Å². The van der Waals surface area contributed by atoms with Crippen molar-refractivity contribution >= 4 is 5.97 Å². The molecule has 0 bridgehead atoms. The van der Waals surface area contributed by atoms with Crippen LogP contribution < -0.4 is 0 Å². The third-order valence-electron chi connectivity index (χ3n) is 2.37. The van der Waals surface area contributed by atoms with Crippen molar-refractivity contribution in [2.75, 3.05) is 0 Å². The molecule has 3 nitrogen and oxygen atoms in total. The number of hydrogen-bond donors (Lipinski definition) is 2. The van der Waals surface area contributed by atoms with E-state index in [1.165, 1.54) is 6.42 Å². The second-order valence-corrected chi connectivity index (χ2v) is 4.16. The van der Waals surface area contributed by atoms with Gasteiger partial charge in [-0.3, -0.25) is 4.79 Å². The molecule has 18 heavy (non-hydrogen) atoms. The summed E-state index contributed by atoms with van der Waals surface area (Å²) in [6, 6.07) is 0. The lowest BCUT2D eigenvalue weighted by Gasteiger charge is -2.02. The molecule has 0 saturated carbocycles. The van der Waals surface area contributed by atoms with Crippen LogP contribution in [0.4, 0.5) is 0 Å². The van der Waals surface area contributed by atoms with E-state index in [-0.39, 0.29) is 6.42 Å². The Kier molecular flexibility index (Phi) is 11.2. The largest absolute Gasteiger partial charge is 0.481 e. The van der Waals surface area contributed by atoms with Crippen LogP contribution in [0.25, 0.3) is 0 Å². The van der Waals surface area contributed by atoms with Gasteiger partial charge in [0.05, 0.1) is 6.10 Å². The second-order valence-electron chi connectivity index (χ2n) is 4.16. The Morgan fingerprint density at radius 3 is 2.67 bits per heavy atom. The van der Waals surface area contributed by atoms with Gasteiger partial charge in [-0.2, -0.15) is 0 Å². The molecule has 0 heterocycles. The molecule has 2 N–H and O–H groups in total. The van der Waals surface area contributed by atoms with E-state index in [0.717, 1.165) is 12.8 Å². The number of aliphatic hydroxyl groups excluding tert-OH is 1. The molecule has 0 aromatic carbocycles. The van der Waals surface area contributed by atoms with E-state index in [2.05, 4.69) is 19.1 Å². The number of carboxylic acids is 1. The lowest BCUT2D eigenvalue weighted by atomic mass is 10.1. The van der Waals surface area contributed by atoms with Crippen LogP contribution in [0.15, 0.2) is 36.5 Å². The first-order valence-corrected chi connectivity index (χ1v) is 6.55. The van der Waals surface area contributed by atoms with Crippen LogP contribution in [0.2, 0.25) is 0 Å². The van der Waals surface area contributed by atoms with Gasteiger partial charge in [0.1, 0.15) is 0 Å². The van der Waals surface area contributed by atoms with Gasteiger partial charge in [0.15, 0.2) is 0 Å². The molecule has 0 aromatic rings. The van der Waals surface area contributed by atoms with Crippen molar-refractivity contribution in [3.05, 3.63) is 36.5 Å². The lowest BCUT2D eigenvalue weighted by molar-refractivity contribution is -0.137. The highest BCUT2D eigenvalue weighted by Crippen LogP contribution is 2.02. The Balaban J connectivity index is 3.60. The molecule has 0 aliphatic heterocycles. The third-order valence-corrected chi connectivity index (χ3v) is 2.37. The molecule has 1 atom stereocenters. The van der Waals surface area contributed by atoms with Gasteiger partial charge >= 0.3 is 5.97 Å². The number of carboxylic acid groups (broad SMARTS) is 1. The highest BCUT2D eigenvalue weighted by Gasteiger charge is 2.01. The molecule has 0 fully saturated rings. The van der Waals surface area contributed by atoms with Crippen LogP contribution in [0, 0.1) is 0 Å². The Bertz CT molecular complexity index is 290. The van der Waals surface area contributed by atoms with Gasteiger partial charge < -0.3 is 10.2 Å². The van der Waals surface area contributed by atoms with Crippen LogP contribution in [-0.2, 0) is 4.79 Å². The molecule has 1 unspecified atom stereocenters. The molecule has 0 saturated heterocycles. The van der Waals surface area contributed by atoms with Gasteiger partial charge in [-0.15, -0.1) is 0 Å². The van der Waals surface area contributed by atoms with E-state index in [1.807, 2.05) is 12.2 Å². The fraction of sp³-hybridized carbons (Fsp3) is 0.533. The highest BCUT2D eigenvalue weighted by molar-refractivity contribution is 5.66. The van der Waals surface area contributed by atoms with Crippen LogP contribution in [0.1, 0.15) is 45.4 Å². The minimum atomic E-state index is -0.815. The van der Waals surface area contributed by atoms with E-state index >= 15 is 0 Å². The predicted octanol–water partition coefficient (Wildman–Crippen LogP) is 3.46. The third kappa shape index (κ3) is 12.7. The normalized spacial score (nSPS) is 13.9. The zero-order valence-corrected chi connectivity index (χ0v) is 11.1. The maximum absolute atomic E-state index is 10.3. The van der Waals surface area contributed by atoms with E-state index in [9.17, 15) is 9.90 Å². The summed E-state index contributed by atoms with van der Waals surface area (Å²) < 4.78 is 0. The van der Waals surface area contributed by atoms with Crippen molar-refractivity contribution in [2.24, 2.45) is 0 Å². The van der Waals surface area contributed by atoms with Crippen LogP contribution in [0.3, 0.4) is 0 Å². The van der Waals surface area contributed by atoms with Crippen molar-refractivity contribution in [1.82, 2.24) is 0 Å². The Morgan fingerprint density at radius 2 is 2.00 bits per heavy atom. The fourth-order valence-corrected chi connectivity index (χ4v) is 1.37. The molecule has 3 heteroatoms. The number of hydrogen-bond acceptors (Lipinski definition) is 2. The van der Waals surface area contributed by atoms with Crippen LogP contribution in [0.5, 0.6) is 0 Å². The van der Waals surface area contributed by atoms with Gasteiger partial charge in [0.25, 0.3) is 0 Å². The smallest absolute Gasteiger partial charge is 0.303 e. The molecule has 0 amide bonds. The summed E-state index contributed by atoms with van der Waals surface area (Å²) in [7, 11) is 0. The monoisotopic (exact) mass is 252 g/mol. The summed E-state index contributed by atoms with van der Waals surface area (Å²) in [5, 5.41) is 18.0. The predicted molar refractivity (Wildman–Crippen MR) is 74.4 cm³/mol. The average Bonchev–Trinajstić information content (AvgIpc) is 2.32. The number of allylic oxidation sites excluding steroid dienone is 5. The lowest BCUT2D eigenvalue weighted by Crippen LogP contribution is -2.03. The summed E-state index contributed by atoms with van der Waals surface area (Å²) in [5.41, 5.74) is 0. The summed E-state index contributed by atoms with van der Waals surface area (Å²) in [6.45, 7) is 2.15. The van der Waals surface area contributed by atoms with Gasteiger partial charge in [-0.25, -0.2) is 0 Å². The number of unbranched alkanes of at least 4 members (excludes halogenated alkanes) is 1. The number of aliphatic hydroxyl groups is 1. The van der Waals surface area contributed by atoms with Gasteiger partial charge in [0.2, 0.25) is 0 Å².